The third kappa shape index (κ3) is 2.85. The molecule has 0 aromatic carbocycles. The first-order valence-corrected chi connectivity index (χ1v) is 11.6. The Bertz CT molecular complexity index is 542. The summed E-state index contributed by atoms with van der Waals surface area (Å²) in [6.45, 7) is 7.60. The fraction of sp³-hybridized carbons (Fsp3) is 0.958. The van der Waals surface area contributed by atoms with Gasteiger partial charge in [0.1, 0.15) is 0 Å². The third-order valence-corrected chi connectivity index (χ3v) is 10.2. The molecule has 8 atom stereocenters. The van der Waals surface area contributed by atoms with Crippen LogP contribution in [0.1, 0.15) is 97.8 Å². The van der Waals surface area contributed by atoms with E-state index in [2.05, 4.69) is 20.8 Å². The lowest BCUT2D eigenvalue weighted by Gasteiger charge is -2.61. The molecule has 0 heterocycles. The van der Waals surface area contributed by atoms with Gasteiger partial charge in [-0.2, -0.15) is 0 Å². The molecule has 0 aliphatic heterocycles. The number of fused-ring (bicyclic) bond motifs is 5. The molecule has 4 rings (SSSR count). The van der Waals surface area contributed by atoms with Gasteiger partial charge in [-0.15, -0.1) is 0 Å². The fourth-order valence-electron chi connectivity index (χ4n) is 8.82. The van der Waals surface area contributed by atoms with Gasteiger partial charge in [0.15, 0.2) is 0 Å². The largest absolute Gasteiger partial charge is 0.481 e. The first-order chi connectivity index (χ1) is 12.4. The number of carbonyl (C=O) groups is 1. The van der Waals surface area contributed by atoms with Gasteiger partial charge in [0.25, 0.3) is 0 Å². The zero-order valence-electron chi connectivity index (χ0n) is 17.3. The zero-order chi connectivity index (χ0) is 18.5. The van der Waals surface area contributed by atoms with Gasteiger partial charge in [0.05, 0.1) is 0 Å². The van der Waals surface area contributed by atoms with Gasteiger partial charge in [-0.1, -0.05) is 33.6 Å². The van der Waals surface area contributed by atoms with Crippen molar-refractivity contribution in [1.82, 2.24) is 0 Å². The molecule has 4 saturated carbocycles. The number of rotatable bonds is 4. The second kappa shape index (κ2) is 6.82. The Labute approximate surface area is 160 Å². The summed E-state index contributed by atoms with van der Waals surface area (Å²) < 4.78 is 0. The van der Waals surface area contributed by atoms with Gasteiger partial charge in [0.2, 0.25) is 0 Å². The van der Waals surface area contributed by atoms with E-state index in [4.69, 9.17) is 5.11 Å². The maximum atomic E-state index is 11.0. The van der Waals surface area contributed by atoms with Crippen molar-refractivity contribution in [3.63, 3.8) is 0 Å². The SMILES string of the molecule is CC(CCC(=O)O)C1CCC2C3CC[C@@H]4CCCC[C@@]4(C)C3CC[C@@]12C. The Morgan fingerprint density at radius 2 is 1.73 bits per heavy atom. The van der Waals surface area contributed by atoms with Crippen LogP contribution in [0.4, 0.5) is 0 Å². The van der Waals surface area contributed by atoms with E-state index in [0.29, 0.717) is 23.2 Å². The second-order valence-corrected chi connectivity index (χ2v) is 11.0. The maximum absolute atomic E-state index is 11.0. The summed E-state index contributed by atoms with van der Waals surface area (Å²) >= 11 is 0. The Kier molecular flexibility index (Phi) is 4.93. The summed E-state index contributed by atoms with van der Waals surface area (Å²) in [6.07, 6.45) is 15.7. The summed E-state index contributed by atoms with van der Waals surface area (Å²) in [5.74, 6) is 4.57. The molecular formula is C24H40O2. The molecule has 0 spiro atoms. The monoisotopic (exact) mass is 360 g/mol. The van der Waals surface area contributed by atoms with Gasteiger partial charge in [0, 0.05) is 6.42 Å². The van der Waals surface area contributed by atoms with E-state index in [0.717, 1.165) is 36.0 Å². The van der Waals surface area contributed by atoms with Gasteiger partial charge >= 0.3 is 5.97 Å². The van der Waals surface area contributed by atoms with Gasteiger partial charge in [-0.25, -0.2) is 0 Å². The van der Waals surface area contributed by atoms with E-state index < -0.39 is 5.97 Å². The van der Waals surface area contributed by atoms with Crippen LogP contribution in [0, 0.1) is 46.3 Å². The maximum Gasteiger partial charge on any atom is 0.303 e. The van der Waals surface area contributed by atoms with Crippen LogP contribution < -0.4 is 0 Å². The molecule has 2 heteroatoms. The average molecular weight is 361 g/mol. The predicted octanol–water partition coefficient (Wildman–Crippen LogP) is 6.54. The minimum Gasteiger partial charge on any atom is -0.481 e. The first-order valence-electron chi connectivity index (χ1n) is 11.6. The van der Waals surface area contributed by atoms with Crippen LogP contribution in [0.2, 0.25) is 0 Å². The lowest BCUT2D eigenvalue weighted by molar-refractivity contribution is -0.137. The second-order valence-electron chi connectivity index (χ2n) is 11.0. The smallest absolute Gasteiger partial charge is 0.303 e. The van der Waals surface area contributed by atoms with Crippen LogP contribution in [-0.4, -0.2) is 11.1 Å². The lowest BCUT2D eigenvalue weighted by atomic mass is 9.44. The summed E-state index contributed by atoms with van der Waals surface area (Å²) in [4.78, 5) is 11.0. The minimum absolute atomic E-state index is 0.351. The van der Waals surface area contributed by atoms with Crippen molar-refractivity contribution in [2.75, 3.05) is 0 Å². The van der Waals surface area contributed by atoms with Crippen LogP contribution in [0.15, 0.2) is 0 Å². The molecule has 5 unspecified atom stereocenters. The highest BCUT2D eigenvalue weighted by atomic mass is 16.4. The third-order valence-electron chi connectivity index (χ3n) is 10.2. The van der Waals surface area contributed by atoms with Crippen LogP contribution in [-0.2, 0) is 4.79 Å². The highest BCUT2D eigenvalue weighted by molar-refractivity contribution is 5.66. The van der Waals surface area contributed by atoms with E-state index in [9.17, 15) is 4.79 Å². The Hall–Kier alpha value is -0.530. The Balaban J connectivity index is 1.52. The van der Waals surface area contributed by atoms with E-state index in [1.807, 2.05) is 0 Å². The molecular weight excluding hydrogens is 320 g/mol. The highest BCUT2D eigenvalue weighted by Gasteiger charge is 2.60. The van der Waals surface area contributed by atoms with Crippen molar-refractivity contribution in [3.8, 4) is 0 Å². The summed E-state index contributed by atoms with van der Waals surface area (Å²) in [6, 6.07) is 0. The number of aliphatic carboxylic acids is 1. The predicted molar refractivity (Wildman–Crippen MR) is 106 cm³/mol. The zero-order valence-corrected chi connectivity index (χ0v) is 17.3. The van der Waals surface area contributed by atoms with E-state index in [1.54, 1.807) is 0 Å². The molecule has 4 fully saturated rings. The molecule has 0 bridgehead atoms. The van der Waals surface area contributed by atoms with E-state index >= 15 is 0 Å². The number of carboxylic acid groups (broad SMARTS) is 1. The summed E-state index contributed by atoms with van der Waals surface area (Å²) in [5, 5.41) is 9.09. The topological polar surface area (TPSA) is 37.3 Å². The van der Waals surface area contributed by atoms with Gasteiger partial charge < -0.3 is 5.11 Å². The molecule has 0 saturated heterocycles. The standard InChI is InChI=1S/C24H40O2/c1-16(7-12-22(25)26)19-10-11-20-18-9-8-17-6-4-5-14-23(17,2)21(18)13-15-24(19,20)3/h16-21H,4-15H2,1-3H3,(H,25,26)/t16?,17-,18?,19?,20?,21?,23+,24-/m0/s1. The van der Waals surface area contributed by atoms with Crippen LogP contribution in [0.25, 0.3) is 0 Å². The van der Waals surface area contributed by atoms with Crippen LogP contribution in [0.5, 0.6) is 0 Å². The average Bonchev–Trinajstić information content (AvgIpc) is 2.96. The normalized spacial score (nSPS) is 49.0. The molecule has 0 amide bonds. The first kappa shape index (κ1) is 18.8. The Morgan fingerprint density at radius 1 is 0.962 bits per heavy atom. The van der Waals surface area contributed by atoms with Crippen molar-refractivity contribution in [2.45, 2.75) is 97.8 Å². The molecule has 2 nitrogen and oxygen atoms in total. The molecule has 148 valence electrons. The van der Waals surface area contributed by atoms with Gasteiger partial charge in [-0.3, -0.25) is 4.79 Å². The fourth-order valence-corrected chi connectivity index (χ4v) is 8.82. The number of carboxylic acids is 1. The highest BCUT2D eigenvalue weighted by Crippen LogP contribution is 2.68. The van der Waals surface area contributed by atoms with Crippen molar-refractivity contribution < 1.29 is 9.90 Å². The quantitative estimate of drug-likeness (QED) is 0.618. The molecule has 4 aliphatic rings. The summed E-state index contributed by atoms with van der Waals surface area (Å²) in [5.41, 5.74) is 1.12. The summed E-state index contributed by atoms with van der Waals surface area (Å²) in [7, 11) is 0. The number of hydrogen-bond acceptors (Lipinski definition) is 1. The van der Waals surface area contributed by atoms with E-state index in [-0.39, 0.29) is 0 Å². The van der Waals surface area contributed by atoms with Crippen molar-refractivity contribution >= 4 is 5.97 Å². The van der Waals surface area contributed by atoms with Crippen molar-refractivity contribution in [2.24, 2.45) is 46.3 Å². The van der Waals surface area contributed by atoms with Crippen molar-refractivity contribution in [1.29, 1.82) is 0 Å². The van der Waals surface area contributed by atoms with Crippen molar-refractivity contribution in [3.05, 3.63) is 0 Å². The van der Waals surface area contributed by atoms with Crippen LogP contribution >= 0.6 is 0 Å². The molecule has 4 aliphatic carbocycles. The van der Waals surface area contributed by atoms with Gasteiger partial charge in [-0.05, 0) is 104 Å². The molecule has 1 N–H and O–H groups in total. The molecule has 0 aromatic rings. The molecule has 26 heavy (non-hydrogen) atoms. The number of hydrogen-bond donors (Lipinski definition) is 1. The minimum atomic E-state index is -0.621. The Morgan fingerprint density at radius 3 is 2.50 bits per heavy atom. The van der Waals surface area contributed by atoms with E-state index in [1.165, 1.54) is 64.2 Å². The molecule has 0 radical (unpaired) electrons. The van der Waals surface area contributed by atoms with Crippen LogP contribution in [0.3, 0.4) is 0 Å². The lowest BCUT2D eigenvalue weighted by Crippen LogP contribution is -2.53. The molecule has 0 aromatic heterocycles.